The zero-order valence-corrected chi connectivity index (χ0v) is 14.6. The normalized spacial score (nSPS) is 16.2. The van der Waals surface area contributed by atoms with Crippen LogP contribution in [0.5, 0.6) is 0 Å². The molecule has 0 aliphatic heterocycles. The summed E-state index contributed by atoms with van der Waals surface area (Å²) < 4.78 is 24.2. The lowest BCUT2D eigenvalue weighted by Gasteiger charge is -2.41. The molecule has 6 nitrogen and oxygen atoms in total. The molecule has 2 N–H and O–H groups in total. The van der Waals surface area contributed by atoms with Crippen LogP contribution in [0.4, 0.5) is 0 Å². The Bertz CT molecular complexity index is 705. The first-order valence-electron chi connectivity index (χ1n) is 8.15. The van der Waals surface area contributed by atoms with Crippen LogP contribution in [0, 0.1) is 0 Å². The summed E-state index contributed by atoms with van der Waals surface area (Å²) >= 11 is 0. The molecule has 24 heavy (non-hydrogen) atoms. The fraction of sp³-hybridized carbons (Fsp3) is 0.529. The molecule has 1 amide bonds. The van der Waals surface area contributed by atoms with Gasteiger partial charge >= 0.3 is 5.97 Å². The number of rotatable bonds is 8. The van der Waals surface area contributed by atoms with E-state index in [0.29, 0.717) is 24.8 Å². The molecule has 7 heteroatoms. The largest absolute Gasteiger partial charge is 0.481 e. The molecule has 1 aliphatic carbocycles. The zero-order chi connectivity index (χ0) is 17.8. The van der Waals surface area contributed by atoms with Crippen LogP contribution in [0.15, 0.2) is 29.2 Å². The van der Waals surface area contributed by atoms with Crippen LogP contribution < -0.4 is 5.32 Å². The maximum absolute atomic E-state index is 12.3. The third-order valence-electron chi connectivity index (χ3n) is 4.42. The molecule has 0 radical (unpaired) electrons. The van der Waals surface area contributed by atoms with Crippen molar-refractivity contribution in [2.45, 2.75) is 55.9 Å². The highest BCUT2D eigenvalue weighted by molar-refractivity contribution is 7.91. The Hall–Kier alpha value is -1.89. The van der Waals surface area contributed by atoms with Gasteiger partial charge < -0.3 is 10.4 Å². The van der Waals surface area contributed by atoms with Crippen LogP contribution in [-0.2, 0) is 14.6 Å². The fourth-order valence-corrected chi connectivity index (χ4v) is 4.27. The number of aliphatic carboxylic acids is 1. The molecule has 0 atom stereocenters. The van der Waals surface area contributed by atoms with Gasteiger partial charge in [0.15, 0.2) is 9.84 Å². The molecule has 0 aromatic heterocycles. The summed E-state index contributed by atoms with van der Waals surface area (Å²) in [5, 5.41) is 11.8. The Kier molecular flexibility index (Phi) is 5.64. The van der Waals surface area contributed by atoms with E-state index in [9.17, 15) is 18.0 Å². The Labute approximate surface area is 142 Å². The topological polar surface area (TPSA) is 101 Å². The van der Waals surface area contributed by atoms with Gasteiger partial charge in [0.25, 0.3) is 5.91 Å². The summed E-state index contributed by atoms with van der Waals surface area (Å²) in [6.07, 6.45) is 3.49. The van der Waals surface area contributed by atoms with E-state index in [0.717, 1.165) is 12.8 Å². The number of carbonyl (C=O) groups is 2. The van der Waals surface area contributed by atoms with E-state index < -0.39 is 21.3 Å². The van der Waals surface area contributed by atoms with Gasteiger partial charge in [-0.1, -0.05) is 13.3 Å². The lowest BCUT2D eigenvalue weighted by atomic mass is 9.74. The standard InChI is InChI=1S/C17H23NO5S/c1-2-3-11-24(22,23)14-7-5-13(6-8-14)16(21)18-17(9-4-10-17)12-15(19)20/h5-8H,2-4,9-12H2,1H3,(H,18,21)(H,19,20). The Morgan fingerprint density at radius 3 is 2.29 bits per heavy atom. The van der Waals surface area contributed by atoms with E-state index in [4.69, 9.17) is 5.11 Å². The molecule has 132 valence electrons. The molecule has 1 aromatic rings. The number of hydrogen-bond donors (Lipinski definition) is 2. The first kappa shape index (κ1) is 18.4. The zero-order valence-electron chi connectivity index (χ0n) is 13.7. The Morgan fingerprint density at radius 2 is 1.83 bits per heavy atom. The quantitative estimate of drug-likeness (QED) is 0.747. The molecule has 2 rings (SSSR count). The predicted molar refractivity (Wildman–Crippen MR) is 89.7 cm³/mol. The van der Waals surface area contributed by atoms with Crippen LogP contribution in [-0.4, -0.2) is 36.7 Å². The molecule has 0 unspecified atom stereocenters. The Balaban J connectivity index is 2.07. The third-order valence-corrected chi connectivity index (χ3v) is 6.24. The van der Waals surface area contributed by atoms with Gasteiger partial charge in [0.05, 0.1) is 22.6 Å². The number of sulfone groups is 1. The minimum Gasteiger partial charge on any atom is -0.481 e. The van der Waals surface area contributed by atoms with Crippen molar-refractivity contribution in [1.82, 2.24) is 5.32 Å². The number of amides is 1. The highest BCUT2D eigenvalue weighted by atomic mass is 32.2. The number of nitrogens with one attached hydrogen (secondary N) is 1. The van der Waals surface area contributed by atoms with E-state index in [1.165, 1.54) is 24.3 Å². The second-order valence-corrected chi connectivity index (χ2v) is 8.46. The van der Waals surface area contributed by atoms with E-state index in [1.807, 2.05) is 6.92 Å². The van der Waals surface area contributed by atoms with Gasteiger partial charge in [-0.2, -0.15) is 0 Å². The minimum atomic E-state index is -3.32. The van der Waals surface area contributed by atoms with Crippen molar-refractivity contribution in [1.29, 1.82) is 0 Å². The van der Waals surface area contributed by atoms with Crippen molar-refractivity contribution in [3.05, 3.63) is 29.8 Å². The van der Waals surface area contributed by atoms with Crippen LogP contribution in [0.25, 0.3) is 0 Å². The van der Waals surface area contributed by atoms with Crippen molar-refractivity contribution in [2.24, 2.45) is 0 Å². The molecule has 0 bridgehead atoms. The highest BCUT2D eigenvalue weighted by Gasteiger charge is 2.40. The second kappa shape index (κ2) is 7.34. The number of hydrogen-bond acceptors (Lipinski definition) is 4. The summed E-state index contributed by atoms with van der Waals surface area (Å²) in [6.45, 7) is 1.93. The molecule has 0 heterocycles. The lowest BCUT2D eigenvalue weighted by molar-refractivity contribution is -0.139. The summed E-state index contributed by atoms with van der Waals surface area (Å²) in [5.74, 6) is -1.21. The number of unbranched alkanes of at least 4 members (excludes halogenated alkanes) is 1. The Morgan fingerprint density at radius 1 is 1.21 bits per heavy atom. The van der Waals surface area contributed by atoms with Crippen molar-refractivity contribution in [3.63, 3.8) is 0 Å². The molecular formula is C17H23NO5S. The van der Waals surface area contributed by atoms with Crippen LogP contribution >= 0.6 is 0 Å². The highest BCUT2D eigenvalue weighted by Crippen LogP contribution is 2.35. The number of benzene rings is 1. The van der Waals surface area contributed by atoms with Gasteiger partial charge in [-0.15, -0.1) is 0 Å². The summed E-state index contributed by atoms with van der Waals surface area (Å²) in [7, 11) is -3.32. The number of carbonyl (C=O) groups excluding carboxylic acids is 1. The van der Waals surface area contributed by atoms with Gasteiger partial charge in [0.1, 0.15) is 0 Å². The van der Waals surface area contributed by atoms with Crippen molar-refractivity contribution in [2.75, 3.05) is 5.75 Å². The van der Waals surface area contributed by atoms with Crippen molar-refractivity contribution in [3.8, 4) is 0 Å². The van der Waals surface area contributed by atoms with E-state index in [-0.39, 0.29) is 23.0 Å². The summed E-state index contributed by atoms with van der Waals surface area (Å²) in [4.78, 5) is 23.5. The predicted octanol–water partition coefficient (Wildman–Crippen LogP) is 2.39. The van der Waals surface area contributed by atoms with Crippen molar-refractivity contribution < 1.29 is 23.1 Å². The molecule has 1 aliphatic rings. The van der Waals surface area contributed by atoms with E-state index in [2.05, 4.69) is 5.32 Å². The first-order valence-corrected chi connectivity index (χ1v) is 9.80. The van der Waals surface area contributed by atoms with Gasteiger partial charge in [-0.25, -0.2) is 8.42 Å². The van der Waals surface area contributed by atoms with E-state index in [1.54, 1.807) is 0 Å². The number of carboxylic acid groups (broad SMARTS) is 1. The maximum atomic E-state index is 12.3. The fourth-order valence-electron chi connectivity index (χ4n) is 2.82. The minimum absolute atomic E-state index is 0.0940. The molecule has 0 saturated heterocycles. The first-order chi connectivity index (χ1) is 11.3. The van der Waals surface area contributed by atoms with Crippen LogP contribution in [0.3, 0.4) is 0 Å². The van der Waals surface area contributed by atoms with Gasteiger partial charge in [-0.05, 0) is 49.9 Å². The second-order valence-electron chi connectivity index (χ2n) is 6.36. The van der Waals surface area contributed by atoms with Crippen LogP contribution in [0.2, 0.25) is 0 Å². The van der Waals surface area contributed by atoms with Gasteiger partial charge in [0.2, 0.25) is 0 Å². The average Bonchev–Trinajstić information content (AvgIpc) is 2.50. The SMILES string of the molecule is CCCCS(=O)(=O)c1ccc(C(=O)NC2(CC(=O)O)CCC2)cc1. The van der Waals surface area contributed by atoms with Crippen LogP contribution in [0.1, 0.15) is 55.8 Å². The van der Waals surface area contributed by atoms with Crippen molar-refractivity contribution >= 4 is 21.7 Å². The molecule has 1 aromatic carbocycles. The van der Waals surface area contributed by atoms with Gasteiger partial charge in [-0.3, -0.25) is 9.59 Å². The molecular weight excluding hydrogens is 330 g/mol. The maximum Gasteiger partial charge on any atom is 0.305 e. The van der Waals surface area contributed by atoms with E-state index >= 15 is 0 Å². The average molecular weight is 353 g/mol. The monoisotopic (exact) mass is 353 g/mol. The molecule has 1 fully saturated rings. The number of carboxylic acids is 1. The summed E-state index contributed by atoms with van der Waals surface area (Å²) in [5.41, 5.74) is -0.337. The smallest absolute Gasteiger partial charge is 0.305 e. The molecule has 1 saturated carbocycles. The third kappa shape index (κ3) is 4.35. The van der Waals surface area contributed by atoms with Gasteiger partial charge in [0, 0.05) is 5.56 Å². The molecule has 0 spiro atoms. The summed E-state index contributed by atoms with van der Waals surface area (Å²) in [6, 6.07) is 5.82. The lowest BCUT2D eigenvalue weighted by Crippen LogP contribution is -2.54.